The Bertz CT molecular complexity index is 901. The van der Waals surface area contributed by atoms with Crippen molar-refractivity contribution in [1.29, 1.82) is 0 Å². The zero-order chi connectivity index (χ0) is 17.4. The fourth-order valence-electron chi connectivity index (χ4n) is 3.08. The third-order valence-corrected chi connectivity index (χ3v) is 5.39. The van der Waals surface area contributed by atoms with Crippen LogP contribution in [-0.4, -0.2) is 21.0 Å². The predicted octanol–water partition coefficient (Wildman–Crippen LogP) is 4.46. The molecule has 1 aliphatic rings. The van der Waals surface area contributed by atoms with E-state index in [0.717, 1.165) is 16.3 Å². The predicted molar refractivity (Wildman–Crippen MR) is 95.2 cm³/mol. The first-order valence-corrected chi connectivity index (χ1v) is 9.34. The summed E-state index contributed by atoms with van der Waals surface area (Å²) in [5, 5.41) is 5.76. The average molecular weight is 376 g/mol. The van der Waals surface area contributed by atoms with Gasteiger partial charge in [-0.25, -0.2) is 14.1 Å². The van der Waals surface area contributed by atoms with Gasteiger partial charge in [0.2, 0.25) is 0 Å². The van der Waals surface area contributed by atoms with E-state index in [2.05, 4.69) is 10.1 Å². The molecule has 0 bridgehead atoms. The van der Waals surface area contributed by atoms with E-state index in [9.17, 15) is 4.39 Å². The second kappa shape index (κ2) is 6.44. The van der Waals surface area contributed by atoms with E-state index >= 15 is 0 Å². The highest BCUT2D eigenvalue weighted by Gasteiger charge is 2.59. The van der Waals surface area contributed by atoms with Crippen molar-refractivity contribution in [3.8, 4) is 0 Å². The Hall–Kier alpha value is -1.89. The quantitative estimate of drug-likeness (QED) is 0.488. The topological polar surface area (TPSA) is 43.2 Å². The maximum Gasteiger partial charge on any atom is 0.185 e. The Balaban J connectivity index is 1.75. The average Bonchev–Trinajstić information content (AvgIpc) is 3.16. The van der Waals surface area contributed by atoms with Gasteiger partial charge in [0, 0.05) is 10.6 Å². The Morgan fingerprint density at radius 3 is 2.72 bits per heavy atom. The SMILES string of the molecule is CSc1ncnn1C[C@@]1(c2ccc(F)cc2)O[C@@H]1c1ccccc1Cl. The highest BCUT2D eigenvalue weighted by Crippen LogP contribution is 2.59. The zero-order valence-electron chi connectivity index (χ0n) is 13.4. The minimum atomic E-state index is -0.642. The number of ether oxygens (including phenoxy) is 1. The maximum absolute atomic E-state index is 13.4. The maximum atomic E-state index is 13.4. The fraction of sp³-hybridized carbons (Fsp3) is 0.222. The highest BCUT2D eigenvalue weighted by molar-refractivity contribution is 7.98. The van der Waals surface area contributed by atoms with Gasteiger partial charge in [0.15, 0.2) is 5.16 Å². The number of hydrogen-bond donors (Lipinski definition) is 0. The minimum Gasteiger partial charge on any atom is -0.354 e. The molecule has 2 heterocycles. The molecule has 4 rings (SSSR count). The molecule has 25 heavy (non-hydrogen) atoms. The molecule has 1 aliphatic heterocycles. The van der Waals surface area contributed by atoms with Gasteiger partial charge in [-0.2, -0.15) is 5.10 Å². The summed E-state index contributed by atoms with van der Waals surface area (Å²) >= 11 is 7.88. The van der Waals surface area contributed by atoms with Crippen LogP contribution in [0.5, 0.6) is 0 Å². The molecular formula is C18H15ClFN3OS. The van der Waals surface area contributed by atoms with Crippen LogP contribution in [-0.2, 0) is 16.9 Å². The number of halogens is 2. The van der Waals surface area contributed by atoms with Gasteiger partial charge >= 0.3 is 0 Å². The van der Waals surface area contributed by atoms with Crippen LogP contribution < -0.4 is 0 Å². The van der Waals surface area contributed by atoms with Gasteiger partial charge in [-0.05, 0) is 30.0 Å². The van der Waals surface area contributed by atoms with Crippen LogP contribution in [0.4, 0.5) is 4.39 Å². The number of epoxide rings is 1. The standard InChI is InChI=1S/C18H15ClFN3OS/c1-25-17-21-11-22-23(17)10-18(12-6-8-13(20)9-7-12)16(24-18)14-4-2-3-5-15(14)19/h2-9,11,16H,10H2,1H3/t16-,18+/m1/s1. The van der Waals surface area contributed by atoms with Crippen molar-refractivity contribution in [1.82, 2.24) is 14.8 Å². The molecule has 7 heteroatoms. The molecule has 1 saturated heterocycles. The fourth-order valence-corrected chi connectivity index (χ4v) is 3.79. The normalized spacial score (nSPS) is 22.1. The van der Waals surface area contributed by atoms with Crippen molar-refractivity contribution >= 4 is 23.4 Å². The number of aromatic nitrogens is 3. The van der Waals surface area contributed by atoms with Gasteiger partial charge in [0.05, 0.1) is 6.54 Å². The molecule has 0 radical (unpaired) electrons. The lowest BCUT2D eigenvalue weighted by atomic mass is 9.91. The van der Waals surface area contributed by atoms with Gasteiger partial charge in [-0.15, -0.1) is 0 Å². The van der Waals surface area contributed by atoms with Crippen LogP contribution in [0.1, 0.15) is 17.2 Å². The second-order valence-corrected chi connectivity index (χ2v) is 7.00. The Morgan fingerprint density at radius 2 is 2.00 bits per heavy atom. The van der Waals surface area contributed by atoms with Crippen molar-refractivity contribution in [3.63, 3.8) is 0 Å². The molecule has 1 fully saturated rings. The van der Waals surface area contributed by atoms with Crippen molar-refractivity contribution in [2.45, 2.75) is 23.4 Å². The van der Waals surface area contributed by atoms with E-state index in [4.69, 9.17) is 16.3 Å². The van der Waals surface area contributed by atoms with Crippen molar-refractivity contribution in [2.75, 3.05) is 6.26 Å². The molecule has 0 N–H and O–H groups in total. The van der Waals surface area contributed by atoms with Gasteiger partial charge in [-0.1, -0.05) is 53.7 Å². The van der Waals surface area contributed by atoms with Crippen molar-refractivity contribution in [3.05, 3.63) is 76.8 Å². The van der Waals surface area contributed by atoms with Crippen LogP contribution in [0.25, 0.3) is 0 Å². The van der Waals surface area contributed by atoms with Crippen LogP contribution >= 0.6 is 23.4 Å². The molecule has 0 amide bonds. The molecule has 2 aromatic carbocycles. The summed E-state index contributed by atoms with van der Waals surface area (Å²) in [6.07, 6.45) is 3.26. The summed E-state index contributed by atoms with van der Waals surface area (Å²) in [5.41, 5.74) is 1.16. The van der Waals surface area contributed by atoms with E-state index < -0.39 is 5.60 Å². The smallest absolute Gasteiger partial charge is 0.185 e. The summed E-state index contributed by atoms with van der Waals surface area (Å²) < 4.78 is 21.4. The first-order chi connectivity index (χ1) is 12.1. The number of benzene rings is 2. The van der Waals surface area contributed by atoms with Gasteiger partial charge < -0.3 is 4.74 Å². The van der Waals surface area contributed by atoms with Crippen molar-refractivity contribution in [2.24, 2.45) is 0 Å². The number of nitrogens with zero attached hydrogens (tertiary/aromatic N) is 3. The number of rotatable bonds is 5. The third-order valence-electron chi connectivity index (χ3n) is 4.36. The summed E-state index contributed by atoms with van der Waals surface area (Å²) in [7, 11) is 0. The second-order valence-electron chi connectivity index (χ2n) is 5.82. The Kier molecular flexibility index (Phi) is 4.27. The summed E-state index contributed by atoms with van der Waals surface area (Å²) in [4.78, 5) is 4.24. The molecule has 0 spiro atoms. The largest absolute Gasteiger partial charge is 0.354 e. The monoisotopic (exact) mass is 375 g/mol. The van der Waals surface area contributed by atoms with Crippen LogP contribution in [0, 0.1) is 5.82 Å². The van der Waals surface area contributed by atoms with Gasteiger partial charge in [0.25, 0.3) is 0 Å². The van der Waals surface area contributed by atoms with Crippen LogP contribution in [0.2, 0.25) is 5.02 Å². The summed E-state index contributed by atoms with van der Waals surface area (Å²) in [6.45, 7) is 0.477. The highest BCUT2D eigenvalue weighted by atomic mass is 35.5. The lowest BCUT2D eigenvalue weighted by molar-refractivity contribution is 0.256. The number of thioether (sulfide) groups is 1. The molecule has 1 aromatic heterocycles. The van der Waals surface area contributed by atoms with Gasteiger partial charge in [0.1, 0.15) is 23.8 Å². The summed E-state index contributed by atoms with van der Waals surface area (Å²) in [5.74, 6) is -0.278. The van der Waals surface area contributed by atoms with E-state index in [1.165, 1.54) is 30.2 Å². The first-order valence-electron chi connectivity index (χ1n) is 7.74. The molecule has 4 nitrogen and oxygen atoms in total. The van der Waals surface area contributed by atoms with E-state index in [0.29, 0.717) is 11.6 Å². The molecule has 0 aliphatic carbocycles. The molecular weight excluding hydrogens is 361 g/mol. The number of hydrogen-bond acceptors (Lipinski definition) is 4. The van der Waals surface area contributed by atoms with Gasteiger partial charge in [-0.3, -0.25) is 0 Å². The Labute approximate surface area is 154 Å². The Morgan fingerprint density at radius 1 is 1.24 bits per heavy atom. The van der Waals surface area contributed by atoms with Crippen molar-refractivity contribution < 1.29 is 9.13 Å². The molecule has 0 saturated carbocycles. The summed E-state index contributed by atoms with van der Waals surface area (Å²) in [6, 6.07) is 14.0. The third kappa shape index (κ3) is 2.94. The first kappa shape index (κ1) is 16.6. The lowest BCUT2D eigenvalue weighted by Crippen LogP contribution is -2.20. The van der Waals surface area contributed by atoms with E-state index in [1.807, 2.05) is 35.2 Å². The molecule has 128 valence electrons. The molecule has 2 atom stereocenters. The molecule has 0 unspecified atom stereocenters. The lowest BCUT2D eigenvalue weighted by Gasteiger charge is -2.15. The van der Waals surface area contributed by atoms with Crippen LogP contribution in [0.3, 0.4) is 0 Å². The molecule has 3 aromatic rings. The van der Waals surface area contributed by atoms with E-state index in [-0.39, 0.29) is 11.9 Å². The van der Waals surface area contributed by atoms with Crippen LogP contribution in [0.15, 0.2) is 60.0 Å². The van der Waals surface area contributed by atoms with E-state index in [1.54, 1.807) is 12.1 Å². The zero-order valence-corrected chi connectivity index (χ0v) is 15.0. The minimum absolute atomic E-state index is 0.217.